The van der Waals surface area contributed by atoms with Crippen molar-refractivity contribution in [3.63, 3.8) is 0 Å². The van der Waals surface area contributed by atoms with Gasteiger partial charge in [-0.25, -0.2) is 0 Å². The number of esters is 1. The summed E-state index contributed by atoms with van der Waals surface area (Å²) >= 11 is 3.43. The second-order valence-electron chi connectivity index (χ2n) is 3.58. The first-order valence-corrected chi connectivity index (χ1v) is 5.73. The lowest BCUT2D eigenvalue weighted by atomic mass is 10.1. The highest BCUT2D eigenvalue weighted by Gasteiger charge is 2.03. The number of ether oxygens (including phenoxy) is 1. The van der Waals surface area contributed by atoms with E-state index in [9.17, 15) is 4.79 Å². The molecule has 0 unspecified atom stereocenters. The summed E-state index contributed by atoms with van der Waals surface area (Å²) in [7, 11) is 1.40. The maximum absolute atomic E-state index is 11.2. The van der Waals surface area contributed by atoms with Gasteiger partial charge in [-0.3, -0.25) is 4.79 Å². The van der Waals surface area contributed by atoms with Crippen LogP contribution in [-0.2, 0) is 16.0 Å². The molecule has 0 N–H and O–H groups in total. The molecular formula is C13H11BrO2. The molecule has 3 heteroatoms. The number of rotatable bonds is 2. The minimum absolute atomic E-state index is 0.214. The fourth-order valence-corrected chi connectivity index (χ4v) is 1.99. The van der Waals surface area contributed by atoms with Crippen LogP contribution in [0.2, 0.25) is 0 Å². The van der Waals surface area contributed by atoms with Gasteiger partial charge in [-0.1, -0.05) is 40.2 Å². The smallest absolute Gasteiger partial charge is 0.309 e. The molecule has 0 atom stereocenters. The van der Waals surface area contributed by atoms with Crippen molar-refractivity contribution in [3.05, 3.63) is 46.4 Å². The van der Waals surface area contributed by atoms with Crippen LogP contribution >= 0.6 is 15.9 Å². The summed E-state index contributed by atoms with van der Waals surface area (Å²) in [6.07, 6.45) is 0.318. The molecule has 0 aliphatic rings. The Morgan fingerprint density at radius 3 is 2.69 bits per heavy atom. The summed E-state index contributed by atoms with van der Waals surface area (Å²) in [5.41, 5.74) is 0.970. The van der Waals surface area contributed by atoms with Gasteiger partial charge in [-0.05, 0) is 28.5 Å². The summed E-state index contributed by atoms with van der Waals surface area (Å²) in [6, 6.07) is 12.1. The third kappa shape index (κ3) is 2.42. The van der Waals surface area contributed by atoms with Gasteiger partial charge in [-0.2, -0.15) is 0 Å². The Bertz CT molecular complexity index is 534. The molecule has 0 aromatic heterocycles. The van der Waals surface area contributed by atoms with Gasteiger partial charge in [0.1, 0.15) is 0 Å². The van der Waals surface area contributed by atoms with Gasteiger partial charge in [0.25, 0.3) is 0 Å². The van der Waals surface area contributed by atoms with Gasteiger partial charge < -0.3 is 4.74 Å². The Morgan fingerprint density at radius 2 is 1.94 bits per heavy atom. The first kappa shape index (κ1) is 11.1. The first-order chi connectivity index (χ1) is 7.69. The van der Waals surface area contributed by atoms with E-state index in [0.29, 0.717) is 6.42 Å². The summed E-state index contributed by atoms with van der Waals surface area (Å²) in [6.45, 7) is 0. The minimum atomic E-state index is -0.214. The van der Waals surface area contributed by atoms with Crippen LogP contribution in [0.3, 0.4) is 0 Å². The largest absolute Gasteiger partial charge is 0.469 e. The van der Waals surface area contributed by atoms with Crippen LogP contribution in [-0.4, -0.2) is 13.1 Å². The first-order valence-electron chi connectivity index (χ1n) is 4.94. The molecule has 2 aromatic rings. The summed E-state index contributed by atoms with van der Waals surface area (Å²) in [4.78, 5) is 11.2. The van der Waals surface area contributed by atoms with Crippen LogP contribution in [0.1, 0.15) is 5.56 Å². The third-order valence-corrected chi connectivity index (χ3v) is 2.94. The topological polar surface area (TPSA) is 26.3 Å². The number of methoxy groups -OCH3 is 1. The SMILES string of the molecule is COC(=O)Cc1ccc2ccc(Br)cc2c1. The van der Waals surface area contributed by atoms with Crippen LogP contribution < -0.4 is 0 Å². The Morgan fingerprint density at radius 1 is 1.19 bits per heavy atom. The molecule has 2 aromatic carbocycles. The highest BCUT2D eigenvalue weighted by atomic mass is 79.9. The lowest BCUT2D eigenvalue weighted by Crippen LogP contribution is -2.04. The standard InChI is InChI=1S/C13H11BrO2/c1-16-13(15)7-9-2-3-10-4-5-12(14)8-11(10)6-9/h2-6,8H,7H2,1H3. The van der Waals surface area contributed by atoms with Crippen molar-refractivity contribution in [2.45, 2.75) is 6.42 Å². The zero-order chi connectivity index (χ0) is 11.5. The zero-order valence-corrected chi connectivity index (χ0v) is 10.5. The number of hydrogen-bond donors (Lipinski definition) is 0. The fourth-order valence-electron chi connectivity index (χ4n) is 1.62. The molecular weight excluding hydrogens is 268 g/mol. The van der Waals surface area contributed by atoms with Crippen molar-refractivity contribution >= 4 is 32.7 Å². The quantitative estimate of drug-likeness (QED) is 0.788. The van der Waals surface area contributed by atoms with Crippen molar-refractivity contribution in [1.82, 2.24) is 0 Å². The molecule has 2 nitrogen and oxygen atoms in total. The molecule has 0 aliphatic heterocycles. The van der Waals surface area contributed by atoms with Gasteiger partial charge in [0.05, 0.1) is 13.5 Å². The van der Waals surface area contributed by atoms with E-state index in [4.69, 9.17) is 0 Å². The zero-order valence-electron chi connectivity index (χ0n) is 8.87. The molecule has 82 valence electrons. The number of fused-ring (bicyclic) bond motifs is 1. The second kappa shape index (κ2) is 4.66. The number of halogens is 1. The van der Waals surface area contributed by atoms with Crippen LogP contribution in [0, 0.1) is 0 Å². The molecule has 0 aliphatic carbocycles. The molecule has 2 rings (SSSR count). The Labute approximate surface area is 102 Å². The predicted molar refractivity (Wildman–Crippen MR) is 67.4 cm³/mol. The van der Waals surface area contributed by atoms with Gasteiger partial charge in [0, 0.05) is 4.47 Å². The average Bonchev–Trinajstić information content (AvgIpc) is 2.28. The second-order valence-corrected chi connectivity index (χ2v) is 4.49. The van der Waals surface area contributed by atoms with E-state index >= 15 is 0 Å². The number of benzene rings is 2. The van der Waals surface area contributed by atoms with Gasteiger partial charge >= 0.3 is 5.97 Å². The van der Waals surface area contributed by atoms with Gasteiger partial charge in [-0.15, -0.1) is 0 Å². The fraction of sp³-hybridized carbons (Fsp3) is 0.154. The number of carbonyl (C=O) groups excluding carboxylic acids is 1. The molecule has 0 bridgehead atoms. The van der Waals surface area contributed by atoms with Crippen molar-refractivity contribution in [1.29, 1.82) is 0 Å². The number of hydrogen-bond acceptors (Lipinski definition) is 2. The maximum atomic E-state index is 11.2. The lowest BCUT2D eigenvalue weighted by Gasteiger charge is -2.03. The lowest BCUT2D eigenvalue weighted by molar-refractivity contribution is -0.139. The van der Waals surface area contributed by atoms with Gasteiger partial charge in [0.2, 0.25) is 0 Å². The molecule has 0 saturated carbocycles. The highest BCUT2D eigenvalue weighted by molar-refractivity contribution is 9.10. The van der Waals surface area contributed by atoms with Crippen LogP contribution in [0.5, 0.6) is 0 Å². The van der Waals surface area contributed by atoms with E-state index in [2.05, 4.69) is 20.7 Å². The van der Waals surface area contributed by atoms with E-state index in [-0.39, 0.29) is 5.97 Å². The molecule has 0 saturated heterocycles. The van der Waals surface area contributed by atoms with Crippen molar-refractivity contribution < 1.29 is 9.53 Å². The van der Waals surface area contributed by atoms with Crippen molar-refractivity contribution in [2.75, 3.05) is 7.11 Å². The van der Waals surface area contributed by atoms with Gasteiger partial charge in [0.15, 0.2) is 0 Å². The monoisotopic (exact) mass is 278 g/mol. The molecule has 0 spiro atoms. The summed E-state index contributed by atoms with van der Waals surface area (Å²) < 4.78 is 5.68. The normalized spacial score (nSPS) is 10.4. The molecule has 0 fully saturated rings. The van der Waals surface area contributed by atoms with E-state index < -0.39 is 0 Å². The molecule has 16 heavy (non-hydrogen) atoms. The number of carbonyl (C=O) groups is 1. The molecule has 0 radical (unpaired) electrons. The van der Waals surface area contributed by atoms with E-state index in [1.807, 2.05) is 36.4 Å². The van der Waals surface area contributed by atoms with Crippen molar-refractivity contribution in [3.8, 4) is 0 Å². The van der Waals surface area contributed by atoms with E-state index in [1.165, 1.54) is 7.11 Å². The summed E-state index contributed by atoms with van der Waals surface area (Å²) in [5.74, 6) is -0.214. The third-order valence-electron chi connectivity index (χ3n) is 2.44. The van der Waals surface area contributed by atoms with Crippen LogP contribution in [0.4, 0.5) is 0 Å². The average molecular weight is 279 g/mol. The Hall–Kier alpha value is -1.35. The Balaban J connectivity index is 2.39. The maximum Gasteiger partial charge on any atom is 0.309 e. The van der Waals surface area contributed by atoms with Crippen LogP contribution in [0.15, 0.2) is 40.9 Å². The molecule has 0 heterocycles. The summed E-state index contributed by atoms with van der Waals surface area (Å²) in [5, 5.41) is 2.28. The van der Waals surface area contributed by atoms with E-state index in [0.717, 1.165) is 20.8 Å². The van der Waals surface area contributed by atoms with E-state index in [1.54, 1.807) is 0 Å². The Kier molecular flexibility index (Phi) is 3.25. The highest BCUT2D eigenvalue weighted by Crippen LogP contribution is 2.21. The molecule has 0 amide bonds. The predicted octanol–water partition coefficient (Wildman–Crippen LogP) is 3.32. The van der Waals surface area contributed by atoms with Crippen LogP contribution in [0.25, 0.3) is 10.8 Å². The van der Waals surface area contributed by atoms with Crippen molar-refractivity contribution in [2.24, 2.45) is 0 Å². The minimum Gasteiger partial charge on any atom is -0.469 e.